The van der Waals surface area contributed by atoms with Crippen LogP contribution in [-0.2, 0) is 6.61 Å². The molecule has 0 aliphatic rings. The molecule has 0 radical (unpaired) electrons. The van der Waals surface area contributed by atoms with Crippen LogP contribution in [0.5, 0.6) is 0 Å². The second-order valence-corrected chi connectivity index (χ2v) is 5.25. The molecule has 1 aromatic carbocycles. The summed E-state index contributed by atoms with van der Waals surface area (Å²) in [4.78, 5) is 0. The van der Waals surface area contributed by atoms with E-state index in [1.807, 2.05) is 0 Å². The van der Waals surface area contributed by atoms with Gasteiger partial charge in [-0.05, 0) is 11.1 Å². The van der Waals surface area contributed by atoms with Crippen LogP contribution in [-0.4, -0.2) is 44.6 Å². The molecule has 1 rings (SSSR count). The molecule has 0 saturated carbocycles. The topological polar surface area (TPSA) is 80.9 Å². The fraction of sp³-hybridized carbons (Fsp3) is 0.538. The molecule has 18 heavy (non-hydrogen) atoms. The van der Waals surface area contributed by atoms with E-state index in [-0.39, 0.29) is 19.6 Å². The zero-order chi connectivity index (χ0) is 13.4. The Morgan fingerprint density at radius 1 is 1.06 bits per heavy atom. The fourth-order valence-corrected chi connectivity index (χ4v) is 2.29. The molecule has 0 heterocycles. The van der Waals surface area contributed by atoms with Gasteiger partial charge in [-0.1, -0.05) is 24.3 Å². The van der Waals surface area contributed by atoms with Gasteiger partial charge in [0.1, 0.15) is 0 Å². The average Bonchev–Trinajstić information content (AvgIpc) is 2.39. The van der Waals surface area contributed by atoms with Gasteiger partial charge >= 0.3 is 0 Å². The fourth-order valence-electron chi connectivity index (χ4n) is 1.59. The first-order valence-corrected chi connectivity index (χ1v) is 7.07. The third-order valence-electron chi connectivity index (χ3n) is 2.59. The highest BCUT2D eigenvalue weighted by Gasteiger charge is 2.13. The second kappa shape index (κ2) is 8.50. The zero-order valence-corrected chi connectivity index (χ0v) is 11.0. The molecule has 0 fully saturated rings. The van der Waals surface area contributed by atoms with Crippen LogP contribution >= 0.6 is 11.8 Å². The van der Waals surface area contributed by atoms with Crippen LogP contribution in [0.3, 0.4) is 0 Å². The minimum atomic E-state index is -0.706. The molecule has 5 heteroatoms. The summed E-state index contributed by atoms with van der Waals surface area (Å²) < 4.78 is 0. The summed E-state index contributed by atoms with van der Waals surface area (Å²) in [5.41, 5.74) is 1.53. The maximum Gasteiger partial charge on any atom is 0.0815 e. The van der Waals surface area contributed by atoms with Crippen LogP contribution < -0.4 is 0 Å². The first-order valence-electron chi connectivity index (χ1n) is 5.91. The van der Waals surface area contributed by atoms with E-state index in [1.165, 1.54) is 11.8 Å². The van der Waals surface area contributed by atoms with E-state index >= 15 is 0 Å². The molecule has 0 spiro atoms. The Morgan fingerprint density at radius 3 is 2.28 bits per heavy atom. The van der Waals surface area contributed by atoms with Crippen molar-refractivity contribution in [3.05, 3.63) is 35.4 Å². The van der Waals surface area contributed by atoms with Crippen LogP contribution in [0.1, 0.15) is 23.7 Å². The van der Waals surface area contributed by atoms with Crippen molar-refractivity contribution in [1.82, 2.24) is 0 Å². The summed E-state index contributed by atoms with van der Waals surface area (Å²) in [6, 6.07) is 7.02. The van der Waals surface area contributed by atoms with E-state index in [0.717, 1.165) is 11.1 Å². The second-order valence-electron chi connectivity index (χ2n) is 4.10. The van der Waals surface area contributed by atoms with Gasteiger partial charge in [-0.15, -0.1) is 0 Å². The highest BCUT2D eigenvalue weighted by atomic mass is 32.2. The number of hydrogen-bond acceptors (Lipinski definition) is 5. The van der Waals surface area contributed by atoms with Gasteiger partial charge < -0.3 is 20.4 Å². The van der Waals surface area contributed by atoms with E-state index in [2.05, 4.69) is 0 Å². The molecule has 4 N–H and O–H groups in total. The van der Waals surface area contributed by atoms with Crippen molar-refractivity contribution in [1.29, 1.82) is 0 Å². The summed E-state index contributed by atoms with van der Waals surface area (Å²) in [5, 5.41) is 37.2. The first kappa shape index (κ1) is 15.5. The summed E-state index contributed by atoms with van der Waals surface area (Å²) in [6.07, 6.45) is -1.02. The van der Waals surface area contributed by atoms with Crippen LogP contribution in [0.4, 0.5) is 0 Å². The van der Waals surface area contributed by atoms with Gasteiger partial charge in [0.05, 0.1) is 25.4 Å². The molecule has 0 unspecified atom stereocenters. The smallest absolute Gasteiger partial charge is 0.0815 e. The third-order valence-corrected chi connectivity index (χ3v) is 3.68. The summed E-state index contributed by atoms with van der Waals surface area (Å²) in [7, 11) is 0. The Hall–Kier alpha value is -0.590. The lowest BCUT2D eigenvalue weighted by Crippen LogP contribution is -2.15. The van der Waals surface area contributed by atoms with Gasteiger partial charge in [-0.2, -0.15) is 11.8 Å². The number of benzene rings is 1. The molecule has 0 amide bonds. The van der Waals surface area contributed by atoms with E-state index in [1.54, 1.807) is 24.3 Å². The van der Waals surface area contributed by atoms with Crippen molar-refractivity contribution in [2.45, 2.75) is 25.2 Å². The molecular weight excluding hydrogens is 252 g/mol. The lowest BCUT2D eigenvalue weighted by molar-refractivity contribution is 0.0930. The van der Waals surface area contributed by atoms with Crippen molar-refractivity contribution in [2.75, 3.05) is 18.1 Å². The number of hydrogen-bond donors (Lipinski definition) is 4. The van der Waals surface area contributed by atoms with Crippen LogP contribution in [0.2, 0.25) is 0 Å². The van der Waals surface area contributed by atoms with Crippen molar-refractivity contribution in [3.8, 4) is 0 Å². The molecule has 102 valence electrons. The van der Waals surface area contributed by atoms with E-state index < -0.39 is 12.2 Å². The lowest BCUT2D eigenvalue weighted by atomic mass is 10.0. The monoisotopic (exact) mass is 272 g/mol. The average molecular weight is 272 g/mol. The number of rotatable bonds is 8. The van der Waals surface area contributed by atoms with Crippen LogP contribution in [0, 0.1) is 0 Å². The van der Waals surface area contributed by atoms with E-state index in [0.29, 0.717) is 11.5 Å². The molecule has 0 aromatic heterocycles. The van der Waals surface area contributed by atoms with Crippen LogP contribution in [0.15, 0.2) is 24.3 Å². The van der Waals surface area contributed by atoms with Crippen molar-refractivity contribution in [2.24, 2.45) is 0 Å². The maximum absolute atomic E-state index is 9.93. The van der Waals surface area contributed by atoms with E-state index in [4.69, 9.17) is 10.2 Å². The molecule has 4 nitrogen and oxygen atoms in total. The van der Waals surface area contributed by atoms with Gasteiger partial charge in [-0.3, -0.25) is 0 Å². The van der Waals surface area contributed by atoms with Gasteiger partial charge in [0.25, 0.3) is 0 Å². The van der Waals surface area contributed by atoms with Gasteiger partial charge in [-0.25, -0.2) is 0 Å². The lowest BCUT2D eigenvalue weighted by Gasteiger charge is -2.16. The summed E-state index contributed by atoms with van der Waals surface area (Å²) in [6.45, 7) is 0.0827. The highest BCUT2D eigenvalue weighted by molar-refractivity contribution is 7.99. The Morgan fingerprint density at radius 2 is 1.72 bits per heavy atom. The molecular formula is C13H20O4S. The minimum Gasteiger partial charge on any atom is -0.396 e. The van der Waals surface area contributed by atoms with E-state index in [9.17, 15) is 10.2 Å². The molecule has 0 aliphatic heterocycles. The standard InChI is InChI=1S/C13H20O4S/c14-5-6-18-9-12(16)7-13(17)11-3-1-10(8-15)2-4-11/h1-4,12-17H,5-9H2/t12-,13+/m1/s1. The Bertz CT molecular complexity index is 328. The quantitative estimate of drug-likeness (QED) is 0.524. The highest BCUT2D eigenvalue weighted by Crippen LogP contribution is 2.20. The Balaban J connectivity index is 2.40. The third kappa shape index (κ3) is 5.37. The molecule has 0 saturated heterocycles. The SMILES string of the molecule is OCCSC[C@H](O)C[C@H](O)c1ccc(CO)cc1. The predicted octanol–water partition coefficient (Wildman–Crippen LogP) is 0.689. The summed E-state index contributed by atoms with van der Waals surface area (Å²) >= 11 is 1.46. The van der Waals surface area contributed by atoms with Crippen LogP contribution in [0.25, 0.3) is 0 Å². The molecule has 1 aromatic rings. The first-order chi connectivity index (χ1) is 8.67. The Labute approximate surface area is 111 Å². The predicted molar refractivity (Wildman–Crippen MR) is 72.4 cm³/mol. The maximum atomic E-state index is 9.93. The van der Waals surface area contributed by atoms with Gasteiger partial charge in [0, 0.05) is 17.9 Å². The molecule has 2 atom stereocenters. The van der Waals surface area contributed by atoms with Crippen molar-refractivity contribution in [3.63, 3.8) is 0 Å². The molecule has 0 aliphatic carbocycles. The van der Waals surface area contributed by atoms with Gasteiger partial charge in [0.15, 0.2) is 0 Å². The zero-order valence-electron chi connectivity index (χ0n) is 10.2. The minimum absolute atomic E-state index is 0.0171. The Kier molecular flexibility index (Phi) is 7.31. The van der Waals surface area contributed by atoms with Gasteiger partial charge in [0.2, 0.25) is 0 Å². The van der Waals surface area contributed by atoms with Crippen molar-refractivity contribution >= 4 is 11.8 Å². The molecule has 0 bridgehead atoms. The number of aliphatic hydroxyl groups is 4. The van der Waals surface area contributed by atoms with Crippen molar-refractivity contribution < 1.29 is 20.4 Å². The number of aliphatic hydroxyl groups excluding tert-OH is 4. The number of thioether (sulfide) groups is 1. The summed E-state index contributed by atoms with van der Waals surface area (Å²) in [5.74, 6) is 1.10. The largest absolute Gasteiger partial charge is 0.396 e. The normalized spacial score (nSPS) is 14.4.